The summed E-state index contributed by atoms with van der Waals surface area (Å²) in [5, 5.41) is 2.83. The summed E-state index contributed by atoms with van der Waals surface area (Å²) in [5.74, 6) is -0.350. The number of nitrogens with zero attached hydrogens (tertiary/aromatic N) is 2. The highest BCUT2D eigenvalue weighted by molar-refractivity contribution is 7.89. The van der Waals surface area contributed by atoms with Gasteiger partial charge in [-0.2, -0.15) is 0 Å². The largest absolute Gasteiger partial charge is 0.378 e. The van der Waals surface area contributed by atoms with Crippen LogP contribution in [0.25, 0.3) is 0 Å². The van der Waals surface area contributed by atoms with Gasteiger partial charge in [-0.05, 0) is 48.9 Å². The predicted octanol–water partition coefficient (Wildman–Crippen LogP) is 2.56. The molecule has 6 nitrogen and oxygen atoms in total. The highest BCUT2D eigenvalue weighted by atomic mass is 32.2. The third-order valence-electron chi connectivity index (χ3n) is 3.85. The molecular formula is C18H23N3O3S. The number of aryl methyl sites for hydroxylation is 1. The van der Waals surface area contributed by atoms with Crippen molar-refractivity contribution in [3.63, 3.8) is 0 Å². The average molecular weight is 361 g/mol. The Bertz CT molecular complexity index is 890. The maximum Gasteiger partial charge on any atom is 0.255 e. The summed E-state index contributed by atoms with van der Waals surface area (Å²) < 4.78 is 25.5. The average Bonchev–Trinajstić information content (AvgIpc) is 2.56. The van der Waals surface area contributed by atoms with E-state index in [1.807, 2.05) is 44.1 Å². The van der Waals surface area contributed by atoms with Gasteiger partial charge >= 0.3 is 0 Å². The molecule has 0 radical (unpaired) electrons. The van der Waals surface area contributed by atoms with Gasteiger partial charge in [-0.25, -0.2) is 12.7 Å². The van der Waals surface area contributed by atoms with E-state index < -0.39 is 10.0 Å². The molecule has 0 bridgehead atoms. The van der Waals surface area contributed by atoms with Gasteiger partial charge in [0.05, 0.1) is 4.90 Å². The van der Waals surface area contributed by atoms with Gasteiger partial charge in [-0.3, -0.25) is 4.79 Å². The third kappa shape index (κ3) is 4.18. The molecule has 0 aliphatic heterocycles. The molecule has 1 N–H and O–H groups in total. The highest BCUT2D eigenvalue weighted by Crippen LogP contribution is 2.22. The molecule has 2 aromatic carbocycles. The maximum absolute atomic E-state index is 12.5. The van der Waals surface area contributed by atoms with E-state index in [4.69, 9.17) is 0 Å². The molecule has 0 aliphatic carbocycles. The molecule has 25 heavy (non-hydrogen) atoms. The Morgan fingerprint density at radius 1 is 1.00 bits per heavy atom. The van der Waals surface area contributed by atoms with Crippen LogP contribution in [-0.4, -0.2) is 46.8 Å². The topological polar surface area (TPSA) is 69.7 Å². The first-order valence-electron chi connectivity index (χ1n) is 7.75. The van der Waals surface area contributed by atoms with Gasteiger partial charge in [-0.1, -0.05) is 6.07 Å². The Kier molecular flexibility index (Phi) is 5.49. The van der Waals surface area contributed by atoms with Crippen LogP contribution in [0.2, 0.25) is 0 Å². The van der Waals surface area contributed by atoms with Crippen molar-refractivity contribution in [1.29, 1.82) is 0 Å². The summed E-state index contributed by atoms with van der Waals surface area (Å²) in [4.78, 5) is 14.6. The second-order valence-corrected chi connectivity index (χ2v) is 8.31. The summed E-state index contributed by atoms with van der Waals surface area (Å²) in [6.45, 7) is 1.91. The van der Waals surface area contributed by atoms with Crippen molar-refractivity contribution in [2.24, 2.45) is 0 Å². The van der Waals surface area contributed by atoms with E-state index in [9.17, 15) is 13.2 Å². The number of hydrogen-bond acceptors (Lipinski definition) is 4. The van der Waals surface area contributed by atoms with Gasteiger partial charge in [0.2, 0.25) is 10.0 Å². The third-order valence-corrected chi connectivity index (χ3v) is 5.66. The first-order valence-corrected chi connectivity index (χ1v) is 9.19. The minimum absolute atomic E-state index is 0.0878. The number of carbonyl (C=O) groups is 1. The Labute approximate surface area is 149 Å². The predicted molar refractivity (Wildman–Crippen MR) is 101 cm³/mol. The van der Waals surface area contributed by atoms with Crippen LogP contribution < -0.4 is 10.2 Å². The normalized spacial score (nSPS) is 11.4. The lowest BCUT2D eigenvalue weighted by Crippen LogP contribution is -2.22. The van der Waals surface area contributed by atoms with Crippen molar-refractivity contribution < 1.29 is 13.2 Å². The second-order valence-electron chi connectivity index (χ2n) is 6.16. The fraction of sp³-hybridized carbons (Fsp3) is 0.278. The molecule has 0 spiro atoms. The monoisotopic (exact) mass is 361 g/mol. The van der Waals surface area contributed by atoms with E-state index in [1.54, 1.807) is 12.1 Å². The molecule has 0 saturated carbocycles. The fourth-order valence-corrected chi connectivity index (χ4v) is 3.22. The van der Waals surface area contributed by atoms with Crippen LogP contribution in [0.15, 0.2) is 47.4 Å². The van der Waals surface area contributed by atoms with Crippen molar-refractivity contribution in [3.8, 4) is 0 Å². The molecule has 0 atom stereocenters. The highest BCUT2D eigenvalue weighted by Gasteiger charge is 2.19. The van der Waals surface area contributed by atoms with Crippen LogP contribution in [0.4, 0.5) is 11.4 Å². The lowest BCUT2D eigenvalue weighted by atomic mass is 10.1. The molecule has 2 rings (SSSR count). The molecule has 7 heteroatoms. The van der Waals surface area contributed by atoms with Crippen molar-refractivity contribution >= 4 is 27.3 Å². The summed E-state index contributed by atoms with van der Waals surface area (Å²) in [5.41, 5.74) is 2.95. The Morgan fingerprint density at radius 3 is 2.24 bits per heavy atom. The number of anilines is 2. The quantitative estimate of drug-likeness (QED) is 0.889. The van der Waals surface area contributed by atoms with Crippen molar-refractivity contribution in [2.45, 2.75) is 11.8 Å². The first-order chi connectivity index (χ1) is 11.6. The Morgan fingerprint density at radius 2 is 1.68 bits per heavy atom. The summed E-state index contributed by atoms with van der Waals surface area (Å²) in [6.07, 6.45) is 0. The molecular weight excluding hydrogens is 338 g/mol. The van der Waals surface area contributed by atoms with Crippen molar-refractivity contribution in [2.75, 3.05) is 38.4 Å². The van der Waals surface area contributed by atoms with E-state index >= 15 is 0 Å². The van der Waals surface area contributed by atoms with Crippen LogP contribution >= 0.6 is 0 Å². The van der Waals surface area contributed by atoms with Gasteiger partial charge < -0.3 is 10.2 Å². The molecule has 0 aromatic heterocycles. The smallest absolute Gasteiger partial charge is 0.255 e. The standard InChI is InChI=1S/C18H23N3O3S/c1-13-11-15(20(2)3)9-10-17(13)19-18(22)14-7-6-8-16(12-14)25(23,24)21(4)5/h6-12H,1-5H3,(H,19,22). The SMILES string of the molecule is Cc1cc(N(C)C)ccc1NC(=O)c1cccc(S(=O)(=O)N(C)C)c1. The fourth-order valence-electron chi connectivity index (χ4n) is 2.27. The summed E-state index contributed by atoms with van der Waals surface area (Å²) in [6, 6.07) is 11.7. The zero-order chi connectivity index (χ0) is 18.8. The number of amides is 1. The van der Waals surface area contributed by atoms with Crippen LogP contribution in [0, 0.1) is 6.92 Å². The van der Waals surface area contributed by atoms with Crippen LogP contribution in [-0.2, 0) is 10.0 Å². The molecule has 2 aromatic rings. The van der Waals surface area contributed by atoms with Crippen LogP contribution in [0.3, 0.4) is 0 Å². The van der Waals surface area contributed by atoms with E-state index in [0.29, 0.717) is 11.3 Å². The second kappa shape index (κ2) is 7.25. The lowest BCUT2D eigenvalue weighted by molar-refractivity contribution is 0.102. The number of carbonyl (C=O) groups excluding carboxylic acids is 1. The molecule has 0 unspecified atom stereocenters. The minimum atomic E-state index is -3.58. The first kappa shape index (κ1) is 19.0. The lowest BCUT2D eigenvalue weighted by Gasteiger charge is -2.16. The van der Waals surface area contributed by atoms with Crippen LogP contribution in [0.5, 0.6) is 0 Å². The summed E-state index contributed by atoms with van der Waals surface area (Å²) in [7, 11) is 3.23. The van der Waals surface area contributed by atoms with Crippen LogP contribution in [0.1, 0.15) is 15.9 Å². The zero-order valence-electron chi connectivity index (χ0n) is 15.1. The van der Waals surface area contributed by atoms with Gasteiger partial charge in [-0.15, -0.1) is 0 Å². The molecule has 0 saturated heterocycles. The van der Waals surface area contributed by atoms with Crippen molar-refractivity contribution in [1.82, 2.24) is 4.31 Å². The number of benzene rings is 2. The molecule has 0 aliphatic rings. The molecule has 134 valence electrons. The van der Waals surface area contributed by atoms with E-state index in [-0.39, 0.29) is 10.8 Å². The van der Waals surface area contributed by atoms with Gasteiger partial charge in [0.1, 0.15) is 0 Å². The number of nitrogens with one attached hydrogen (secondary N) is 1. The van der Waals surface area contributed by atoms with E-state index in [1.165, 1.54) is 26.2 Å². The molecule has 0 heterocycles. The number of sulfonamides is 1. The number of rotatable bonds is 5. The van der Waals surface area contributed by atoms with E-state index in [2.05, 4.69) is 5.32 Å². The number of hydrogen-bond donors (Lipinski definition) is 1. The molecule has 1 amide bonds. The Hall–Kier alpha value is -2.38. The zero-order valence-corrected chi connectivity index (χ0v) is 15.9. The van der Waals surface area contributed by atoms with Gasteiger partial charge in [0.25, 0.3) is 5.91 Å². The Balaban J connectivity index is 2.28. The maximum atomic E-state index is 12.5. The van der Waals surface area contributed by atoms with Gasteiger partial charge in [0, 0.05) is 45.1 Å². The summed E-state index contributed by atoms with van der Waals surface area (Å²) >= 11 is 0. The molecule has 0 fully saturated rings. The van der Waals surface area contributed by atoms with Crippen molar-refractivity contribution in [3.05, 3.63) is 53.6 Å². The van der Waals surface area contributed by atoms with E-state index in [0.717, 1.165) is 15.6 Å². The van der Waals surface area contributed by atoms with Gasteiger partial charge in [0.15, 0.2) is 0 Å². The minimum Gasteiger partial charge on any atom is -0.378 e.